The van der Waals surface area contributed by atoms with Crippen molar-refractivity contribution in [2.75, 3.05) is 13.1 Å². The molecule has 0 aliphatic rings. The first-order valence-corrected chi connectivity index (χ1v) is 12.6. The minimum absolute atomic E-state index is 0. The molecule has 1 amide bonds. The molecule has 2 aromatic carbocycles. The summed E-state index contributed by atoms with van der Waals surface area (Å²) in [7, 11) is 0. The fourth-order valence-corrected chi connectivity index (χ4v) is 4.67. The zero-order valence-corrected chi connectivity index (χ0v) is 24.6. The Hall–Kier alpha value is -3.39. The fraction of sp³-hybridized carbons (Fsp3) is 0.259. The van der Waals surface area contributed by atoms with Crippen LogP contribution in [0.2, 0.25) is 5.02 Å². The van der Waals surface area contributed by atoms with Crippen molar-refractivity contribution >= 4 is 42.3 Å². The normalized spacial score (nSPS) is 12.2. The Morgan fingerprint density at radius 2 is 1.56 bits per heavy atom. The monoisotopic (exact) mass is 668 g/mol. The second-order valence-corrected chi connectivity index (χ2v) is 9.49. The first kappa shape index (κ1) is 35.8. The molecule has 16 heteroatoms. The van der Waals surface area contributed by atoms with Gasteiger partial charge in [-0.05, 0) is 54.4 Å². The van der Waals surface area contributed by atoms with E-state index in [0.29, 0.717) is 28.3 Å². The zero-order chi connectivity index (χ0) is 29.9. The molecular weight excluding hydrogens is 645 g/mol. The van der Waals surface area contributed by atoms with Crippen molar-refractivity contribution in [1.29, 1.82) is 0 Å². The summed E-state index contributed by atoms with van der Waals surface area (Å²) >= 11 is 6.36. The van der Waals surface area contributed by atoms with Gasteiger partial charge < -0.3 is 10.6 Å². The van der Waals surface area contributed by atoms with Crippen molar-refractivity contribution in [3.63, 3.8) is 0 Å². The molecule has 1 atom stereocenters. The van der Waals surface area contributed by atoms with E-state index in [1.165, 1.54) is 29.4 Å². The largest absolute Gasteiger partial charge is 0.416 e. The van der Waals surface area contributed by atoms with Crippen LogP contribution in [0.15, 0.2) is 67.0 Å². The van der Waals surface area contributed by atoms with E-state index < -0.39 is 42.0 Å². The minimum Gasteiger partial charge on any atom is -0.329 e. The third kappa shape index (κ3) is 8.17. The highest BCUT2D eigenvalue weighted by Gasteiger charge is 2.37. The van der Waals surface area contributed by atoms with Crippen molar-refractivity contribution in [1.82, 2.24) is 24.9 Å². The lowest BCUT2D eigenvalue weighted by molar-refractivity contribution is -0.143. The number of hydrogen-bond donors (Lipinski definition) is 1. The van der Waals surface area contributed by atoms with Crippen LogP contribution in [0.3, 0.4) is 0 Å². The Bertz CT molecular complexity index is 1500. The van der Waals surface area contributed by atoms with E-state index in [2.05, 4.69) is 15.3 Å². The maximum absolute atomic E-state index is 13.9. The van der Waals surface area contributed by atoms with Gasteiger partial charge in [0.2, 0.25) is 0 Å². The summed E-state index contributed by atoms with van der Waals surface area (Å²) in [5.74, 6) is -0.610. The summed E-state index contributed by atoms with van der Waals surface area (Å²) in [6, 6.07) is 10.6. The van der Waals surface area contributed by atoms with Gasteiger partial charge in [0, 0.05) is 36.1 Å². The first-order valence-electron chi connectivity index (χ1n) is 12.2. The highest BCUT2D eigenvalue weighted by molar-refractivity contribution is 6.31. The molecule has 0 aliphatic heterocycles. The number of aromatic nitrogens is 4. The van der Waals surface area contributed by atoms with Crippen LogP contribution in [-0.4, -0.2) is 43.9 Å². The Morgan fingerprint density at radius 1 is 0.977 bits per heavy atom. The predicted octanol–water partition coefficient (Wildman–Crippen LogP) is 7.09. The van der Waals surface area contributed by atoms with E-state index in [1.807, 2.05) is 0 Å². The molecule has 43 heavy (non-hydrogen) atoms. The minimum atomic E-state index is -5.02. The Morgan fingerprint density at radius 3 is 2.09 bits per heavy atom. The van der Waals surface area contributed by atoms with Crippen LogP contribution in [0.5, 0.6) is 0 Å². The summed E-state index contributed by atoms with van der Waals surface area (Å²) in [5.41, 5.74) is 3.44. The number of rotatable bonds is 8. The molecule has 0 saturated carbocycles. The van der Waals surface area contributed by atoms with E-state index in [4.69, 9.17) is 17.3 Å². The van der Waals surface area contributed by atoms with E-state index in [-0.39, 0.29) is 60.9 Å². The van der Waals surface area contributed by atoms with Crippen molar-refractivity contribution in [3.05, 3.63) is 100.0 Å². The third-order valence-electron chi connectivity index (χ3n) is 6.32. The second kappa shape index (κ2) is 14.4. The number of halogens is 9. The molecule has 0 saturated heterocycles. The third-order valence-corrected chi connectivity index (χ3v) is 6.67. The molecule has 0 bridgehead atoms. The van der Waals surface area contributed by atoms with Crippen molar-refractivity contribution in [2.24, 2.45) is 5.73 Å². The molecule has 232 valence electrons. The molecule has 0 spiro atoms. The van der Waals surface area contributed by atoms with E-state index in [9.17, 15) is 31.1 Å². The maximum atomic E-state index is 13.9. The number of carbonyl (C=O) groups excluding carboxylic acids is 1. The van der Waals surface area contributed by atoms with Crippen molar-refractivity contribution < 1.29 is 31.1 Å². The van der Waals surface area contributed by atoms with E-state index in [0.717, 1.165) is 4.68 Å². The lowest BCUT2D eigenvalue weighted by atomic mass is 10.0. The lowest BCUT2D eigenvalue weighted by Gasteiger charge is -2.29. The van der Waals surface area contributed by atoms with Gasteiger partial charge in [0.05, 0.1) is 23.7 Å². The number of nitrogens with zero attached hydrogens (tertiary/aromatic N) is 5. The van der Waals surface area contributed by atoms with E-state index in [1.54, 1.807) is 31.2 Å². The topological polar surface area (TPSA) is 89.9 Å². The maximum Gasteiger partial charge on any atom is 0.416 e. The smallest absolute Gasteiger partial charge is 0.329 e. The molecule has 0 aliphatic carbocycles. The molecule has 0 fully saturated rings. The van der Waals surface area contributed by atoms with Gasteiger partial charge in [0.25, 0.3) is 5.91 Å². The number of nitrogens with two attached hydrogens (primary N) is 1. The Balaban J connectivity index is 0.00000323. The summed E-state index contributed by atoms with van der Waals surface area (Å²) in [6.45, 7) is 1.38. The second-order valence-electron chi connectivity index (χ2n) is 9.08. The quantitative estimate of drug-likeness (QED) is 0.203. The average Bonchev–Trinajstić information content (AvgIpc) is 3.34. The van der Waals surface area contributed by atoms with Crippen molar-refractivity contribution in [3.8, 4) is 11.3 Å². The number of pyridine rings is 1. The predicted molar refractivity (Wildman–Crippen MR) is 153 cm³/mol. The van der Waals surface area contributed by atoms with Crippen LogP contribution < -0.4 is 5.73 Å². The highest BCUT2D eigenvalue weighted by atomic mass is 35.5. The summed E-state index contributed by atoms with van der Waals surface area (Å²) in [6.07, 6.45) is -7.22. The molecular formula is C27H25Cl3F6N6O. The van der Waals surface area contributed by atoms with Gasteiger partial charge >= 0.3 is 12.4 Å². The average molecular weight is 670 g/mol. The van der Waals surface area contributed by atoms with Gasteiger partial charge in [-0.15, -0.1) is 29.9 Å². The standard InChI is InChI=1S/C27H23ClF6N6O.2ClH/c1-16(21-4-2-3-5-22(21)28)39(11-8-35)25(41)23-24(18-6-9-36-10-7-18)40(38-37-23)15-17-12-19(26(29,30)31)14-20(13-17)27(32,33)34;;/h2-7,9-10,12-14,16H,8,11,15,35H2,1H3;2*1H. The van der Waals surface area contributed by atoms with Crippen LogP contribution in [0.1, 0.15) is 45.7 Å². The summed E-state index contributed by atoms with van der Waals surface area (Å²) in [4.78, 5) is 19.2. The molecule has 2 aromatic heterocycles. The van der Waals surface area contributed by atoms with E-state index >= 15 is 0 Å². The molecule has 2 N–H and O–H groups in total. The highest BCUT2D eigenvalue weighted by Crippen LogP contribution is 2.37. The Labute approximate surface area is 259 Å². The molecule has 7 nitrogen and oxygen atoms in total. The van der Waals surface area contributed by atoms with Crippen LogP contribution in [0.25, 0.3) is 11.3 Å². The molecule has 2 heterocycles. The van der Waals surface area contributed by atoms with Crippen LogP contribution in [0, 0.1) is 0 Å². The fourth-order valence-electron chi connectivity index (χ4n) is 4.37. The summed E-state index contributed by atoms with van der Waals surface area (Å²) < 4.78 is 81.8. The number of hydrogen-bond acceptors (Lipinski definition) is 5. The number of alkyl halides is 6. The van der Waals surface area contributed by atoms with Gasteiger partial charge in [-0.1, -0.05) is 35.0 Å². The number of amides is 1. The summed E-state index contributed by atoms with van der Waals surface area (Å²) in [5, 5.41) is 8.39. The van der Waals surface area contributed by atoms with Crippen LogP contribution in [0.4, 0.5) is 26.3 Å². The molecule has 1 unspecified atom stereocenters. The van der Waals surface area contributed by atoms with Gasteiger partial charge in [-0.2, -0.15) is 26.3 Å². The first-order chi connectivity index (χ1) is 19.3. The molecule has 0 radical (unpaired) electrons. The SMILES string of the molecule is CC(c1ccccc1Cl)N(CCN)C(=O)c1nnn(Cc2cc(C(F)(F)F)cc(C(F)(F)F)c2)c1-c1ccncc1.Cl.Cl. The Kier molecular flexibility index (Phi) is 12.0. The zero-order valence-electron chi connectivity index (χ0n) is 22.2. The lowest BCUT2D eigenvalue weighted by Crippen LogP contribution is -2.38. The van der Waals surface area contributed by atoms with Crippen molar-refractivity contribution in [2.45, 2.75) is 31.9 Å². The van der Waals surface area contributed by atoms with Crippen LogP contribution >= 0.6 is 36.4 Å². The van der Waals surface area contributed by atoms with Gasteiger partial charge in [0.15, 0.2) is 5.69 Å². The number of carbonyl (C=O) groups is 1. The molecule has 4 aromatic rings. The van der Waals surface area contributed by atoms with Gasteiger partial charge in [-0.25, -0.2) is 4.68 Å². The van der Waals surface area contributed by atoms with Crippen LogP contribution in [-0.2, 0) is 18.9 Å². The molecule has 4 rings (SSSR count). The number of benzene rings is 2. The van der Waals surface area contributed by atoms with Gasteiger partial charge in [-0.3, -0.25) is 9.78 Å². The van der Waals surface area contributed by atoms with Gasteiger partial charge in [0.1, 0.15) is 5.69 Å².